The summed E-state index contributed by atoms with van der Waals surface area (Å²) in [5.41, 5.74) is 0. The zero-order valence-electron chi connectivity index (χ0n) is 8.58. The molecule has 0 radical (unpaired) electrons. The van der Waals surface area contributed by atoms with Gasteiger partial charge in [-0.15, -0.1) is 0 Å². The van der Waals surface area contributed by atoms with Crippen molar-refractivity contribution in [2.45, 2.75) is 19.8 Å². The Morgan fingerprint density at radius 2 is 2.23 bits per heavy atom. The maximum Gasteiger partial charge on any atom is 0.207 e. The summed E-state index contributed by atoms with van der Waals surface area (Å²) in [7, 11) is 3.63. The molecule has 0 rings (SSSR count). The highest BCUT2D eigenvalue weighted by Crippen LogP contribution is 1.94. The molecular weight excluding hydrogens is 166 g/mol. The minimum absolute atomic E-state index is 0.764. The van der Waals surface area contributed by atoms with Crippen LogP contribution in [0.4, 0.5) is 0 Å². The van der Waals surface area contributed by atoms with Gasteiger partial charge >= 0.3 is 0 Å². The first kappa shape index (κ1) is 11.9. The summed E-state index contributed by atoms with van der Waals surface area (Å²) in [6.45, 7) is 3.54. The molecule has 0 aliphatic rings. The van der Waals surface area contributed by atoms with Gasteiger partial charge < -0.3 is 9.64 Å². The number of nitriles is 1. The van der Waals surface area contributed by atoms with Crippen molar-refractivity contribution in [2.24, 2.45) is 4.99 Å². The molecule has 0 atom stereocenters. The van der Waals surface area contributed by atoms with Crippen LogP contribution in [0.2, 0.25) is 0 Å². The second-order valence-corrected chi connectivity index (χ2v) is 2.88. The van der Waals surface area contributed by atoms with Crippen molar-refractivity contribution in [3.05, 3.63) is 0 Å². The van der Waals surface area contributed by atoms with Crippen molar-refractivity contribution in [1.82, 2.24) is 4.90 Å². The fourth-order valence-corrected chi connectivity index (χ4v) is 0.915. The summed E-state index contributed by atoms with van der Waals surface area (Å²) in [5, 5.41) is 8.31. The molecule has 0 saturated heterocycles. The van der Waals surface area contributed by atoms with Crippen LogP contribution in [0, 0.1) is 11.5 Å². The van der Waals surface area contributed by atoms with Gasteiger partial charge in [0.1, 0.15) is 5.84 Å². The maximum absolute atomic E-state index is 8.31. The van der Waals surface area contributed by atoms with Crippen LogP contribution < -0.4 is 0 Å². The average molecular weight is 183 g/mol. The van der Waals surface area contributed by atoms with Crippen molar-refractivity contribution in [3.8, 4) is 6.19 Å². The molecule has 0 spiro atoms. The van der Waals surface area contributed by atoms with E-state index >= 15 is 0 Å². The quantitative estimate of drug-likeness (QED) is 0.279. The zero-order valence-corrected chi connectivity index (χ0v) is 8.58. The third kappa shape index (κ3) is 6.12. The van der Waals surface area contributed by atoms with E-state index in [-0.39, 0.29) is 0 Å². The normalized spacial score (nSPS) is 11.1. The topological polar surface area (TPSA) is 48.6 Å². The lowest BCUT2D eigenvalue weighted by molar-refractivity contribution is 0.191. The van der Waals surface area contributed by atoms with E-state index in [1.807, 2.05) is 18.9 Å². The number of hydrogen-bond acceptors (Lipinski definition) is 3. The molecular formula is C9H17N3O. The smallest absolute Gasteiger partial charge is 0.207 e. The molecule has 0 bridgehead atoms. The van der Waals surface area contributed by atoms with E-state index in [9.17, 15) is 0 Å². The van der Waals surface area contributed by atoms with Crippen molar-refractivity contribution in [1.29, 1.82) is 5.26 Å². The first-order chi connectivity index (χ1) is 6.22. The Balaban J connectivity index is 3.57. The molecule has 0 aliphatic carbocycles. The molecule has 0 aromatic heterocycles. The van der Waals surface area contributed by atoms with Crippen LogP contribution in [-0.4, -0.2) is 38.0 Å². The monoisotopic (exact) mass is 183 g/mol. The lowest BCUT2D eigenvalue weighted by atomic mass is 10.3. The number of ether oxygens (including phenoxy) is 1. The summed E-state index contributed by atoms with van der Waals surface area (Å²) in [4.78, 5) is 5.61. The van der Waals surface area contributed by atoms with E-state index in [1.54, 1.807) is 13.3 Å². The maximum atomic E-state index is 8.31. The third-order valence-electron chi connectivity index (χ3n) is 1.86. The first-order valence-electron chi connectivity index (χ1n) is 4.35. The molecule has 0 saturated carbocycles. The van der Waals surface area contributed by atoms with Gasteiger partial charge in [0, 0.05) is 27.3 Å². The highest BCUT2D eigenvalue weighted by molar-refractivity contribution is 5.80. The molecule has 74 valence electrons. The van der Waals surface area contributed by atoms with Gasteiger partial charge in [0.15, 0.2) is 0 Å². The molecule has 13 heavy (non-hydrogen) atoms. The van der Waals surface area contributed by atoms with Gasteiger partial charge in [0.25, 0.3) is 0 Å². The number of hydrogen-bond donors (Lipinski definition) is 0. The van der Waals surface area contributed by atoms with Crippen LogP contribution in [-0.2, 0) is 4.74 Å². The Morgan fingerprint density at radius 1 is 1.54 bits per heavy atom. The van der Waals surface area contributed by atoms with Crippen molar-refractivity contribution >= 4 is 5.84 Å². The number of unbranched alkanes of at least 4 members (excludes halogenated alkanes) is 1. The predicted molar refractivity (Wildman–Crippen MR) is 52.5 cm³/mol. The van der Waals surface area contributed by atoms with Gasteiger partial charge in [0.05, 0.1) is 0 Å². The SMILES string of the molecule is COCCCCN(C)C(C)=NC#N. The van der Waals surface area contributed by atoms with E-state index in [4.69, 9.17) is 10.00 Å². The van der Waals surface area contributed by atoms with Crippen LogP contribution >= 0.6 is 0 Å². The van der Waals surface area contributed by atoms with E-state index in [2.05, 4.69) is 4.99 Å². The van der Waals surface area contributed by atoms with Gasteiger partial charge in [-0.2, -0.15) is 10.3 Å². The third-order valence-corrected chi connectivity index (χ3v) is 1.86. The van der Waals surface area contributed by atoms with Crippen LogP contribution in [0.3, 0.4) is 0 Å². The van der Waals surface area contributed by atoms with E-state index < -0.39 is 0 Å². The zero-order chi connectivity index (χ0) is 10.1. The molecule has 0 unspecified atom stereocenters. The number of rotatable bonds is 5. The summed E-state index contributed by atoms with van der Waals surface area (Å²) < 4.78 is 4.93. The molecule has 0 aliphatic heterocycles. The Morgan fingerprint density at radius 3 is 2.77 bits per heavy atom. The van der Waals surface area contributed by atoms with Crippen molar-refractivity contribution in [3.63, 3.8) is 0 Å². The molecule has 4 nitrogen and oxygen atoms in total. The Kier molecular flexibility index (Phi) is 6.93. The fraction of sp³-hybridized carbons (Fsp3) is 0.778. The van der Waals surface area contributed by atoms with Crippen LogP contribution in [0.1, 0.15) is 19.8 Å². The lowest BCUT2D eigenvalue weighted by Gasteiger charge is -2.16. The Bertz CT molecular complexity index is 196. The van der Waals surface area contributed by atoms with E-state index in [1.165, 1.54) is 0 Å². The highest BCUT2D eigenvalue weighted by Gasteiger charge is 1.99. The van der Waals surface area contributed by atoms with Gasteiger partial charge in [-0.3, -0.25) is 0 Å². The Labute approximate surface area is 79.8 Å². The number of nitrogens with zero attached hydrogens (tertiary/aromatic N) is 3. The minimum Gasteiger partial charge on any atom is -0.385 e. The van der Waals surface area contributed by atoms with Crippen molar-refractivity contribution in [2.75, 3.05) is 27.3 Å². The predicted octanol–water partition coefficient (Wildman–Crippen LogP) is 1.24. The molecule has 0 aromatic rings. The number of aliphatic imine (C=N–C) groups is 1. The molecule has 4 heteroatoms. The van der Waals surface area contributed by atoms with Crippen LogP contribution in [0.5, 0.6) is 0 Å². The van der Waals surface area contributed by atoms with Gasteiger partial charge in [0.2, 0.25) is 6.19 Å². The van der Waals surface area contributed by atoms with E-state index in [0.29, 0.717) is 0 Å². The molecule has 0 amide bonds. The molecule has 0 N–H and O–H groups in total. The fourth-order valence-electron chi connectivity index (χ4n) is 0.915. The first-order valence-corrected chi connectivity index (χ1v) is 4.35. The second-order valence-electron chi connectivity index (χ2n) is 2.88. The molecule has 0 aromatic carbocycles. The summed E-state index contributed by atoms with van der Waals surface area (Å²) in [5.74, 6) is 0.764. The van der Waals surface area contributed by atoms with Crippen molar-refractivity contribution < 1.29 is 4.74 Å². The Hall–Kier alpha value is -1.08. The summed E-state index contributed by atoms with van der Waals surface area (Å²) in [6.07, 6.45) is 3.87. The number of amidine groups is 1. The van der Waals surface area contributed by atoms with Crippen LogP contribution in [0.25, 0.3) is 0 Å². The molecule has 0 heterocycles. The summed E-state index contributed by atoms with van der Waals surface area (Å²) >= 11 is 0. The highest BCUT2D eigenvalue weighted by atomic mass is 16.5. The number of methoxy groups -OCH3 is 1. The molecule has 0 fully saturated rings. The van der Waals surface area contributed by atoms with Crippen LogP contribution in [0.15, 0.2) is 4.99 Å². The van der Waals surface area contributed by atoms with Gasteiger partial charge in [-0.1, -0.05) is 0 Å². The minimum atomic E-state index is 0.764. The van der Waals surface area contributed by atoms with Gasteiger partial charge in [-0.05, 0) is 19.8 Å². The summed E-state index contributed by atoms with van der Waals surface area (Å²) in [6, 6.07) is 0. The second kappa shape index (κ2) is 7.56. The largest absolute Gasteiger partial charge is 0.385 e. The lowest BCUT2D eigenvalue weighted by Crippen LogP contribution is -2.25. The van der Waals surface area contributed by atoms with E-state index in [0.717, 1.165) is 31.8 Å². The average Bonchev–Trinajstić information content (AvgIpc) is 2.12. The standard InChI is InChI=1S/C9H17N3O/c1-9(11-8-10)12(2)6-4-5-7-13-3/h4-7H2,1-3H3. The van der Waals surface area contributed by atoms with Gasteiger partial charge in [-0.25, -0.2) is 0 Å².